The molecule has 4 rings (SSSR count). The number of benzene rings is 1. The van der Waals surface area contributed by atoms with Gasteiger partial charge in [0.15, 0.2) is 10.9 Å². The summed E-state index contributed by atoms with van der Waals surface area (Å²) < 4.78 is 10.9. The minimum Gasteiger partial charge on any atom is -0.451 e. The molecule has 0 spiro atoms. The zero-order valence-corrected chi connectivity index (χ0v) is 17.8. The fraction of sp³-hybridized carbons (Fsp3) is 0.211. The van der Waals surface area contributed by atoms with E-state index in [2.05, 4.69) is 20.7 Å². The molecule has 8 nitrogen and oxygen atoms in total. The van der Waals surface area contributed by atoms with Crippen molar-refractivity contribution >= 4 is 51.5 Å². The van der Waals surface area contributed by atoms with Crippen molar-refractivity contribution in [3.05, 3.63) is 57.2 Å². The molecule has 11 heteroatoms. The first-order valence-electron chi connectivity index (χ1n) is 8.96. The summed E-state index contributed by atoms with van der Waals surface area (Å²) in [4.78, 5) is 31.0. The number of rotatable bonds is 4. The van der Waals surface area contributed by atoms with Gasteiger partial charge in [0.05, 0.1) is 23.3 Å². The Morgan fingerprint density at radius 2 is 1.83 bits per heavy atom. The van der Waals surface area contributed by atoms with Crippen LogP contribution in [-0.2, 0) is 4.74 Å². The lowest BCUT2D eigenvalue weighted by atomic mass is 10.2. The van der Waals surface area contributed by atoms with E-state index in [1.165, 1.54) is 17.4 Å². The summed E-state index contributed by atoms with van der Waals surface area (Å²) in [7, 11) is 0. The van der Waals surface area contributed by atoms with Gasteiger partial charge in [-0.25, -0.2) is 4.98 Å². The third-order valence-electron chi connectivity index (χ3n) is 4.34. The van der Waals surface area contributed by atoms with Crippen LogP contribution in [0, 0.1) is 0 Å². The van der Waals surface area contributed by atoms with Crippen molar-refractivity contribution in [2.45, 2.75) is 0 Å². The molecule has 2 N–H and O–H groups in total. The number of aromatic nitrogens is 1. The summed E-state index contributed by atoms with van der Waals surface area (Å²) in [6.45, 7) is 2.71. The highest BCUT2D eigenvalue weighted by atomic mass is 35.5. The molecule has 0 unspecified atom stereocenters. The van der Waals surface area contributed by atoms with E-state index >= 15 is 0 Å². The number of carbonyl (C=O) groups excluding carboxylic acids is 2. The second-order valence-electron chi connectivity index (χ2n) is 6.29. The topological polar surface area (TPSA) is 96.7 Å². The van der Waals surface area contributed by atoms with Crippen LogP contribution in [0.5, 0.6) is 0 Å². The van der Waals surface area contributed by atoms with Crippen molar-refractivity contribution < 1.29 is 18.7 Å². The first-order chi connectivity index (χ1) is 14.5. The van der Waals surface area contributed by atoms with E-state index in [0.717, 1.165) is 18.2 Å². The monoisotopic (exact) mass is 466 g/mol. The molecule has 3 aromatic rings. The predicted molar refractivity (Wildman–Crippen MR) is 114 cm³/mol. The molecule has 1 aliphatic heterocycles. The number of carbonyl (C=O) groups is 2. The van der Waals surface area contributed by atoms with Gasteiger partial charge in [-0.3, -0.25) is 20.4 Å². The van der Waals surface area contributed by atoms with Crippen molar-refractivity contribution in [3.63, 3.8) is 0 Å². The van der Waals surface area contributed by atoms with Crippen molar-refractivity contribution in [1.29, 1.82) is 0 Å². The van der Waals surface area contributed by atoms with Crippen molar-refractivity contribution in [2.24, 2.45) is 0 Å². The van der Waals surface area contributed by atoms with Crippen LogP contribution in [0.2, 0.25) is 10.0 Å². The summed E-state index contributed by atoms with van der Waals surface area (Å²) in [5.41, 5.74) is 5.43. The minimum atomic E-state index is -0.614. The van der Waals surface area contributed by atoms with Crippen molar-refractivity contribution in [3.8, 4) is 11.3 Å². The van der Waals surface area contributed by atoms with E-state index in [1.807, 2.05) is 0 Å². The molecule has 2 aromatic heterocycles. The number of thiazole rings is 1. The van der Waals surface area contributed by atoms with Crippen LogP contribution in [0.1, 0.15) is 21.0 Å². The Kier molecular flexibility index (Phi) is 6.24. The fourth-order valence-corrected chi connectivity index (χ4v) is 4.06. The van der Waals surface area contributed by atoms with Gasteiger partial charge in [-0.05, 0) is 24.3 Å². The van der Waals surface area contributed by atoms with Gasteiger partial charge in [0.25, 0.3) is 5.91 Å². The molecular formula is C19H16Cl2N4O4S. The molecular weight excluding hydrogens is 451 g/mol. The summed E-state index contributed by atoms with van der Waals surface area (Å²) >= 11 is 13.6. The molecule has 0 aliphatic carbocycles. The number of nitrogens with one attached hydrogen (secondary N) is 2. The normalized spacial score (nSPS) is 13.9. The molecule has 0 bridgehead atoms. The first kappa shape index (κ1) is 20.7. The van der Waals surface area contributed by atoms with E-state index in [0.29, 0.717) is 34.6 Å². The molecule has 3 heterocycles. The van der Waals surface area contributed by atoms with E-state index in [-0.39, 0.29) is 11.5 Å². The van der Waals surface area contributed by atoms with Gasteiger partial charge in [-0.2, -0.15) is 0 Å². The average molecular weight is 467 g/mol. The number of hydrogen-bond donors (Lipinski definition) is 2. The van der Waals surface area contributed by atoms with Gasteiger partial charge in [0, 0.05) is 24.0 Å². The molecule has 0 saturated carbocycles. The maximum atomic E-state index is 12.3. The molecule has 1 saturated heterocycles. The van der Waals surface area contributed by atoms with Crippen LogP contribution < -0.4 is 15.8 Å². The highest BCUT2D eigenvalue weighted by Crippen LogP contribution is 2.34. The minimum absolute atomic E-state index is 0.00799. The Morgan fingerprint density at radius 3 is 2.63 bits per heavy atom. The Hall–Kier alpha value is -2.59. The molecule has 2 amide bonds. The SMILES string of the molecule is O=C(NNC(=O)c1ccc(-c2cccc(Cl)c2Cl)o1)c1csc(N2CCOCC2)n1. The van der Waals surface area contributed by atoms with E-state index in [9.17, 15) is 9.59 Å². The second kappa shape index (κ2) is 9.05. The standard InChI is InChI=1S/C19H16Cl2N4O4S/c20-12-3-1-2-11(16(12)21)14-4-5-15(29-14)18(27)24-23-17(26)13-10-30-19(22-13)25-6-8-28-9-7-25/h1-5,10H,6-9H2,(H,23,26)(H,24,27). The van der Waals surface area contributed by atoms with E-state index in [1.54, 1.807) is 29.6 Å². The van der Waals surface area contributed by atoms with Crippen LogP contribution >= 0.6 is 34.5 Å². The van der Waals surface area contributed by atoms with Gasteiger partial charge < -0.3 is 14.1 Å². The number of ether oxygens (including phenoxy) is 1. The van der Waals surface area contributed by atoms with Crippen LogP contribution in [0.15, 0.2) is 40.1 Å². The maximum absolute atomic E-state index is 12.3. The summed E-state index contributed by atoms with van der Waals surface area (Å²) in [6, 6.07) is 8.19. The number of amides is 2. The molecule has 0 radical (unpaired) electrons. The lowest BCUT2D eigenvalue weighted by Gasteiger charge is -2.25. The lowest BCUT2D eigenvalue weighted by Crippen LogP contribution is -2.41. The zero-order chi connectivity index (χ0) is 21.1. The summed E-state index contributed by atoms with van der Waals surface area (Å²) in [6.07, 6.45) is 0. The smallest absolute Gasteiger partial charge is 0.305 e. The second-order valence-corrected chi connectivity index (χ2v) is 7.91. The third-order valence-corrected chi connectivity index (χ3v) is 6.06. The highest BCUT2D eigenvalue weighted by Gasteiger charge is 2.19. The Labute approximate surface area is 185 Å². The molecule has 1 aliphatic rings. The van der Waals surface area contributed by atoms with Gasteiger partial charge in [0.2, 0.25) is 0 Å². The van der Waals surface area contributed by atoms with Crippen molar-refractivity contribution in [1.82, 2.24) is 15.8 Å². The van der Waals surface area contributed by atoms with Gasteiger partial charge in [-0.1, -0.05) is 29.3 Å². The van der Waals surface area contributed by atoms with Gasteiger partial charge in [0.1, 0.15) is 11.5 Å². The Bertz CT molecular complexity index is 1080. The predicted octanol–water partition coefficient (Wildman–Crippen LogP) is 3.62. The fourth-order valence-electron chi connectivity index (χ4n) is 2.81. The highest BCUT2D eigenvalue weighted by molar-refractivity contribution is 7.13. The van der Waals surface area contributed by atoms with E-state index < -0.39 is 11.8 Å². The third kappa shape index (κ3) is 4.44. The van der Waals surface area contributed by atoms with Crippen LogP contribution in [0.3, 0.4) is 0 Å². The Morgan fingerprint density at radius 1 is 1.07 bits per heavy atom. The van der Waals surface area contributed by atoms with Crippen molar-refractivity contribution in [2.75, 3.05) is 31.2 Å². The number of halogens is 2. The Balaban J connectivity index is 1.37. The number of anilines is 1. The van der Waals surface area contributed by atoms with Crippen LogP contribution in [-0.4, -0.2) is 43.1 Å². The number of morpholine rings is 1. The number of hydrogen-bond acceptors (Lipinski definition) is 7. The molecule has 1 aromatic carbocycles. The summed E-state index contributed by atoms with van der Waals surface area (Å²) in [5.74, 6) is -0.748. The average Bonchev–Trinajstić information content (AvgIpc) is 3.45. The van der Waals surface area contributed by atoms with Crippen LogP contribution in [0.25, 0.3) is 11.3 Å². The first-order valence-corrected chi connectivity index (χ1v) is 10.6. The number of furan rings is 1. The maximum Gasteiger partial charge on any atom is 0.305 e. The summed E-state index contributed by atoms with van der Waals surface area (Å²) in [5, 5.41) is 3.08. The molecule has 30 heavy (non-hydrogen) atoms. The number of hydrazine groups is 1. The molecule has 1 fully saturated rings. The van der Waals surface area contributed by atoms with Gasteiger partial charge in [-0.15, -0.1) is 11.3 Å². The number of nitrogens with zero attached hydrogens (tertiary/aromatic N) is 2. The molecule has 156 valence electrons. The van der Waals surface area contributed by atoms with Gasteiger partial charge >= 0.3 is 5.91 Å². The molecule has 0 atom stereocenters. The van der Waals surface area contributed by atoms with Crippen LogP contribution in [0.4, 0.5) is 5.13 Å². The van der Waals surface area contributed by atoms with E-state index in [4.69, 9.17) is 32.4 Å². The quantitative estimate of drug-likeness (QED) is 0.569. The zero-order valence-electron chi connectivity index (χ0n) is 15.5. The lowest BCUT2D eigenvalue weighted by molar-refractivity contribution is 0.0829. The largest absolute Gasteiger partial charge is 0.451 e.